The molecule has 0 aliphatic carbocycles. The fourth-order valence-corrected chi connectivity index (χ4v) is 2.33. The summed E-state index contributed by atoms with van der Waals surface area (Å²) in [5, 5.41) is 16.6. The zero-order chi connectivity index (χ0) is 16.5. The van der Waals surface area contributed by atoms with Crippen LogP contribution in [-0.2, 0) is 13.0 Å². The minimum absolute atomic E-state index is 0.492. The molecule has 0 amide bonds. The standard InChI is InChI=1S/C18H25N3O2/c1-19-12-15-4-3-5-17(21-15)18(22)13-20-11-10-14-6-8-16(23-2)9-7-14/h3-9,18-20,22H,10-13H2,1-2H3/t18-/m0/s1. The molecule has 5 nitrogen and oxygen atoms in total. The quantitative estimate of drug-likeness (QED) is 0.614. The molecule has 0 bridgehead atoms. The van der Waals surface area contributed by atoms with Crippen LogP contribution >= 0.6 is 0 Å². The van der Waals surface area contributed by atoms with Gasteiger partial charge in [0.25, 0.3) is 0 Å². The number of aliphatic hydroxyl groups excluding tert-OH is 1. The monoisotopic (exact) mass is 315 g/mol. The van der Waals surface area contributed by atoms with Gasteiger partial charge in [-0.2, -0.15) is 0 Å². The van der Waals surface area contributed by atoms with Crippen LogP contribution in [0, 0.1) is 0 Å². The average Bonchev–Trinajstić information content (AvgIpc) is 2.59. The zero-order valence-corrected chi connectivity index (χ0v) is 13.7. The Hall–Kier alpha value is -1.95. The van der Waals surface area contributed by atoms with Crippen molar-refractivity contribution in [1.82, 2.24) is 15.6 Å². The van der Waals surface area contributed by atoms with Crippen molar-refractivity contribution >= 4 is 0 Å². The molecule has 0 aliphatic rings. The van der Waals surface area contributed by atoms with E-state index in [9.17, 15) is 5.11 Å². The largest absolute Gasteiger partial charge is 0.497 e. The predicted molar refractivity (Wildman–Crippen MR) is 91.5 cm³/mol. The number of ether oxygens (including phenoxy) is 1. The maximum absolute atomic E-state index is 10.2. The minimum Gasteiger partial charge on any atom is -0.497 e. The van der Waals surface area contributed by atoms with Crippen LogP contribution in [0.3, 0.4) is 0 Å². The molecule has 0 saturated heterocycles. The number of methoxy groups -OCH3 is 1. The van der Waals surface area contributed by atoms with E-state index in [1.54, 1.807) is 7.11 Å². The smallest absolute Gasteiger partial charge is 0.118 e. The van der Waals surface area contributed by atoms with E-state index in [1.165, 1.54) is 5.56 Å². The van der Waals surface area contributed by atoms with E-state index in [2.05, 4.69) is 27.8 Å². The summed E-state index contributed by atoms with van der Waals surface area (Å²) in [6.07, 6.45) is 0.312. The van der Waals surface area contributed by atoms with Crippen LogP contribution in [0.5, 0.6) is 5.75 Å². The molecule has 1 heterocycles. The maximum Gasteiger partial charge on any atom is 0.118 e. The topological polar surface area (TPSA) is 66.4 Å². The zero-order valence-electron chi connectivity index (χ0n) is 13.7. The van der Waals surface area contributed by atoms with Crippen LogP contribution < -0.4 is 15.4 Å². The molecule has 0 unspecified atom stereocenters. The van der Waals surface area contributed by atoms with Crippen LogP contribution in [0.2, 0.25) is 0 Å². The molecular formula is C18H25N3O2. The van der Waals surface area contributed by atoms with Gasteiger partial charge in [0, 0.05) is 13.1 Å². The highest BCUT2D eigenvalue weighted by Crippen LogP contribution is 2.12. The van der Waals surface area contributed by atoms with Gasteiger partial charge >= 0.3 is 0 Å². The average molecular weight is 315 g/mol. The van der Waals surface area contributed by atoms with Crippen molar-refractivity contribution in [3.05, 3.63) is 59.4 Å². The van der Waals surface area contributed by atoms with Gasteiger partial charge in [0.05, 0.1) is 18.5 Å². The SMILES string of the molecule is CNCc1cccc([C@@H](O)CNCCc2ccc(OC)cc2)n1. The van der Waals surface area contributed by atoms with Crippen LogP contribution in [-0.4, -0.2) is 37.3 Å². The third-order valence-corrected chi connectivity index (χ3v) is 3.61. The lowest BCUT2D eigenvalue weighted by Gasteiger charge is -2.12. The number of benzene rings is 1. The molecule has 0 fully saturated rings. The summed E-state index contributed by atoms with van der Waals surface area (Å²) in [6, 6.07) is 13.8. The first-order chi connectivity index (χ1) is 11.2. The molecule has 0 aliphatic heterocycles. The molecule has 1 aromatic heterocycles. The van der Waals surface area contributed by atoms with Crippen molar-refractivity contribution < 1.29 is 9.84 Å². The first-order valence-corrected chi connectivity index (χ1v) is 7.85. The summed E-state index contributed by atoms with van der Waals surface area (Å²) in [4.78, 5) is 4.45. The van der Waals surface area contributed by atoms with Crippen molar-refractivity contribution in [2.45, 2.75) is 19.1 Å². The number of hydrogen-bond donors (Lipinski definition) is 3. The summed E-state index contributed by atoms with van der Waals surface area (Å²) < 4.78 is 5.14. The molecule has 0 saturated carbocycles. The van der Waals surface area contributed by atoms with Crippen LogP contribution in [0.4, 0.5) is 0 Å². The van der Waals surface area contributed by atoms with Crippen LogP contribution in [0.15, 0.2) is 42.5 Å². The molecule has 1 atom stereocenters. The summed E-state index contributed by atoms with van der Waals surface area (Å²) in [6.45, 7) is 2.00. The second-order valence-electron chi connectivity index (χ2n) is 5.40. The Balaban J connectivity index is 1.75. The maximum atomic E-state index is 10.2. The Morgan fingerprint density at radius 3 is 2.65 bits per heavy atom. The molecular weight excluding hydrogens is 290 g/mol. The van der Waals surface area contributed by atoms with Crippen molar-refractivity contribution in [1.29, 1.82) is 0 Å². The minimum atomic E-state index is -0.595. The number of rotatable bonds is 9. The highest BCUT2D eigenvalue weighted by Gasteiger charge is 2.09. The van der Waals surface area contributed by atoms with Crippen LogP contribution in [0.1, 0.15) is 23.1 Å². The molecule has 5 heteroatoms. The highest BCUT2D eigenvalue weighted by molar-refractivity contribution is 5.27. The lowest BCUT2D eigenvalue weighted by Crippen LogP contribution is -2.24. The van der Waals surface area contributed by atoms with Gasteiger partial charge in [-0.15, -0.1) is 0 Å². The highest BCUT2D eigenvalue weighted by atomic mass is 16.5. The van der Waals surface area contributed by atoms with Gasteiger partial charge < -0.3 is 20.5 Å². The van der Waals surface area contributed by atoms with Gasteiger partial charge in [-0.3, -0.25) is 4.98 Å². The predicted octanol–water partition coefficient (Wildman–Crippen LogP) is 1.68. The Morgan fingerprint density at radius 2 is 1.96 bits per heavy atom. The van der Waals surface area contributed by atoms with E-state index in [1.807, 2.05) is 37.4 Å². The van der Waals surface area contributed by atoms with Gasteiger partial charge in [0.15, 0.2) is 0 Å². The molecule has 0 spiro atoms. The fraction of sp³-hybridized carbons (Fsp3) is 0.389. The molecule has 23 heavy (non-hydrogen) atoms. The first-order valence-electron chi connectivity index (χ1n) is 7.85. The van der Waals surface area contributed by atoms with E-state index < -0.39 is 6.10 Å². The van der Waals surface area contributed by atoms with Gasteiger partial charge in [-0.25, -0.2) is 0 Å². The lowest BCUT2D eigenvalue weighted by molar-refractivity contribution is 0.170. The number of nitrogens with zero attached hydrogens (tertiary/aromatic N) is 1. The van der Waals surface area contributed by atoms with E-state index in [0.717, 1.165) is 24.4 Å². The van der Waals surface area contributed by atoms with Gasteiger partial charge in [-0.05, 0) is 49.8 Å². The third-order valence-electron chi connectivity index (χ3n) is 3.61. The summed E-state index contributed by atoms with van der Waals surface area (Å²) in [7, 11) is 3.54. The molecule has 2 aromatic rings. The number of aliphatic hydroxyl groups is 1. The molecule has 1 aromatic carbocycles. The van der Waals surface area contributed by atoms with Crippen LogP contribution in [0.25, 0.3) is 0 Å². The Bertz CT molecular complexity index is 587. The Morgan fingerprint density at radius 1 is 1.17 bits per heavy atom. The van der Waals surface area contributed by atoms with E-state index >= 15 is 0 Å². The van der Waals surface area contributed by atoms with Gasteiger partial charge in [-0.1, -0.05) is 18.2 Å². The van der Waals surface area contributed by atoms with E-state index in [0.29, 0.717) is 18.8 Å². The first kappa shape index (κ1) is 17.4. The number of aromatic nitrogens is 1. The normalized spacial score (nSPS) is 12.1. The van der Waals surface area contributed by atoms with Crippen molar-refractivity contribution in [2.75, 3.05) is 27.2 Å². The van der Waals surface area contributed by atoms with Gasteiger partial charge in [0.2, 0.25) is 0 Å². The summed E-state index contributed by atoms with van der Waals surface area (Å²) >= 11 is 0. The van der Waals surface area contributed by atoms with Crippen molar-refractivity contribution in [2.24, 2.45) is 0 Å². The Kier molecular flexibility index (Phi) is 7.00. The second kappa shape index (κ2) is 9.25. The number of nitrogens with one attached hydrogen (secondary N) is 2. The molecule has 2 rings (SSSR count). The molecule has 124 valence electrons. The number of hydrogen-bond acceptors (Lipinski definition) is 5. The number of pyridine rings is 1. The molecule has 3 N–H and O–H groups in total. The Labute approximate surface area is 137 Å². The van der Waals surface area contributed by atoms with Crippen molar-refractivity contribution in [3.8, 4) is 5.75 Å². The lowest BCUT2D eigenvalue weighted by atomic mass is 10.1. The third kappa shape index (κ3) is 5.63. The summed E-state index contributed by atoms with van der Waals surface area (Å²) in [5.41, 5.74) is 2.87. The fourth-order valence-electron chi connectivity index (χ4n) is 2.33. The second-order valence-corrected chi connectivity index (χ2v) is 5.40. The van der Waals surface area contributed by atoms with Gasteiger partial charge in [0.1, 0.15) is 11.9 Å². The van der Waals surface area contributed by atoms with E-state index in [4.69, 9.17) is 4.74 Å². The summed E-state index contributed by atoms with van der Waals surface area (Å²) in [5.74, 6) is 0.865. The molecule has 0 radical (unpaired) electrons. The van der Waals surface area contributed by atoms with Crippen molar-refractivity contribution in [3.63, 3.8) is 0 Å². The van der Waals surface area contributed by atoms with E-state index in [-0.39, 0.29) is 0 Å².